The molecule has 1 atom stereocenters. The summed E-state index contributed by atoms with van der Waals surface area (Å²) < 4.78 is 25.2. The second kappa shape index (κ2) is 7.81. The van der Waals surface area contributed by atoms with Gasteiger partial charge in [-0.05, 0) is 32.7 Å². The van der Waals surface area contributed by atoms with Gasteiger partial charge < -0.3 is 10.6 Å². The minimum absolute atomic E-state index is 0.0978. The van der Waals surface area contributed by atoms with Crippen LogP contribution in [0.5, 0.6) is 0 Å². The van der Waals surface area contributed by atoms with Gasteiger partial charge >= 0.3 is 0 Å². The SMILES string of the molecule is CCNC(=O)CN(C)S(=O)(=O)CCC1CCCCN1. The first-order valence-electron chi connectivity index (χ1n) is 6.90. The highest BCUT2D eigenvalue weighted by Crippen LogP contribution is 2.12. The second-order valence-electron chi connectivity index (χ2n) is 4.96. The van der Waals surface area contributed by atoms with E-state index in [4.69, 9.17) is 0 Å². The number of nitrogens with zero attached hydrogens (tertiary/aromatic N) is 1. The first-order valence-corrected chi connectivity index (χ1v) is 8.50. The summed E-state index contributed by atoms with van der Waals surface area (Å²) in [6, 6.07) is 0.293. The largest absolute Gasteiger partial charge is 0.355 e. The second-order valence-corrected chi connectivity index (χ2v) is 7.16. The Morgan fingerprint density at radius 3 is 2.74 bits per heavy atom. The standard InChI is InChI=1S/C12H25N3O3S/c1-3-13-12(16)10-15(2)19(17,18)9-7-11-6-4-5-8-14-11/h11,14H,3-10H2,1-2H3,(H,13,16). The summed E-state index contributed by atoms with van der Waals surface area (Å²) in [5, 5.41) is 5.93. The van der Waals surface area contributed by atoms with E-state index in [0.717, 1.165) is 23.7 Å². The van der Waals surface area contributed by atoms with Crippen LogP contribution in [0.15, 0.2) is 0 Å². The molecule has 1 heterocycles. The van der Waals surface area contributed by atoms with E-state index in [1.54, 1.807) is 6.92 Å². The first-order chi connectivity index (χ1) is 8.95. The predicted molar refractivity (Wildman–Crippen MR) is 75.4 cm³/mol. The maximum Gasteiger partial charge on any atom is 0.235 e. The molecule has 0 aliphatic carbocycles. The third kappa shape index (κ3) is 5.88. The van der Waals surface area contributed by atoms with Crippen LogP contribution in [0.4, 0.5) is 0 Å². The van der Waals surface area contributed by atoms with Crippen molar-refractivity contribution in [3.8, 4) is 0 Å². The van der Waals surface area contributed by atoms with Gasteiger partial charge in [-0.25, -0.2) is 8.42 Å². The summed E-state index contributed by atoms with van der Waals surface area (Å²) in [4.78, 5) is 11.4. The Balaban J connectivity index is 2.38. The lowest BCUT2D eigenvalue weighted by Gasteiger charge is -2.24. The van der Waals surface area contributed by atoms with Crippen LogP contribution in [-0.4, -0.2) is 57.1 Å². The normalized spacial score (nSPS) is 20.5. The fraction of sp³-hybridized carbons (Fsp3) is 0.917. The first kappa shape index (κ1) is 16.4. The molecule has 1 fully saturated rings. The molecule has 0 aromatic carbocycles. The molecule has 1 unspecified atom stereocenters. The molecule has 6 nitrogen and oxygen atoms in total. The van der Waals surface area contributed by atoms with E-state index in [0.29, 0.717) is 19.0 Å². The zero-order chi connectivity index (χ0) is 14.3. The van der Waals surface area contributed by atoms with Gasteiger partial charge in [0.25, 0.3) is 0 Å². The Morgan fingerprint density at radius 1 is 1.42 bits per heavy atom. The van der Waals surface area contributed by atoms with Crippen molar-refractivity contribution in [3.05, 3.63) is 0 Å². The van der Waals surface area contributed by atoms with Crippen molar-refractivity contribution in [2.75, 3.05) is 32.4 Å². The summed E-state index contributed by atoms with van der Waals surface area (Å²) in [5.74, 6) is -0.162. The number of nitrogens with one attached hydrogen (secondary N) is 2. The van der Waals surface area contributed by atoms with Crippen molar-refractivity contribution in [1.82, 2.24) is 14.9 Å². The molecule has 0 saturated carbocycles. The topological polar surface area (TPSA) is 78.5 Å². The molecule has 2 N–H and O–H groups in total. The van der Waals surface area contributed by atoms with E-state index < -0.39 is 10.0 Å². The lowest BCUT2D eigenvalue weighted by atomic mass is 10.0. The van der Waals surface area contributed by atoms with Crippen LogP contribution in [0.1, 0.15) is 32.6 Å². The quantitative estimate of drug-likeness (QED) is 0.687. The van der Waals surface area contributed by atoms with Crippen molar-refractivity contribution in [2.45, 2.75) is 38.6 Å². The predicted octanol–water partition coefficient (Wildman–Crippen LogP) is -0.0837. The van der Waals surface area contributed by atoms with Crippen LogP contribution >= 0.6 is 0 Å². The summed E-state index contributed by atoms with van der Waals surface area (Å²) in [6.45, 7) is 3.19. The minimum Gasteiger partial charge on any atom is -0.355 e. The Hall–Kier alpha value is -0.660. The molecule has 1 rings (SSSR count). The van der Waals surface area contributed by atoms with Gasteiger partial charge in [0.1, 0.15) is 0 Å². The Bertz CT molecular complexity index is 378. The van der Waals surface area contributed by atoms with Crippen LogP contribution < -0.4 is 10.6 Å². The smallest absolute Gasteiger partial charge is 0.235 e. The zero-order valence-electron chi connectivity index (χ0n) is 11.8. The highest BCUT2D eigenvalue weighted by molar-refractivity contribution is 7.89. The fourth-order valence-corrected chi connectivity index (χ4v) is 3.38. The lowest BCUT2D eigenvalue weighted by Crippen LogP contribution is -2.41. The molecule has 0 aromatic rings. The zero-order valence-corrected chi connectivity index (χ0v) is 12.6. The Labute approximate surface area is 116 Å². The van der Waals surface area contributed by atoms with E-state index >= 15 is 0 Å². The van der Waals surface area contributed by atoms with Gasteiger partial charge in [0.05, 0.1) is 12.3 Å². The average Bonchev–Trinajstić information content (AvgIpc) is 2.38. The number of likely N-dealkylation sites (N-methyl/N-ethyl adjacent to an activating group) is 2. The van der Waals surface area contributed by atoms with Gasteiger partial charge in [-0.2, -0.15) is 4.31 Å². The summed E-state index contributed by atoms with van der Waals surface area (Å²) in [6.07, 6.45) is 3.98. The van der Waals surface area contributed by atoms with E-state index in [1.807, 2.05) is 0 Å². The van der Waals surface area contributed by atoms with Gasteiger partial charge in [0.2, 0.25) is 15.9 Å². The monoisotopic (exact) mass is 291 g/mol. The van der Waals surface area contributed by atoms with Gasteiger partial charge in [-0.3, -0.25) is 4.79 Å². The van der Waals surface area contributed by atoms with Crippen LogP contribution in [0, 0.1) is 0 Å². The molecule has 0 aromatic heterocycles. The summed E-state index contributed by atoms with van der Waals surface area (Å²) in [5.41, 5.74) is 0. The third-order valence-electron chi connectivity index (χ3n) is 3.35. The van der Waals surface area contributed by atoms with Crippen molar-refractivity contribution in [2.24, 2.45) is 0 Å². The average molecular weight is 291 g/mol. The van der Waals surface area contributed by atoms with Gasteiger partial charge in [0, 0.05) is 19.6 Å². The van der Waals surface area contributed by atoms with Crippen LogP contribution in [0.3, 0.4) is 0 Å². The molecule has 7 heteroatoms. The summed E-state index contributed by atoms with van der Waals surface area (Å²) in [7, 11) is -1.88. The minimum atomic E-state index is -3.34. The maximum atomic E-state index is 12.0. The molecule has 19 heavy (non-hydrogen) atoms. The number of hydrogen-bond donors (Lipinski definition) is 2. The number of carbonyl (C=O) groups is 1. The highest BCUT2D eigenvalue weighted by atomic mass is 32.2. The molecule has 0 spiro atoms. The van der Waals surface area contributed by atoms with E-state index in [-0.39, 0.29) is 18.2 Å². The number of amides is 1. The number of rotatable bonds is 7. The van der Waals surface area contributed by atoms with Gasteiger partial charge in [0.15, 0.2) is 0 Å². The Morgan fingerprint density at radius 2 is 2.16 bits per heavy atom. The highest BCUT2D eigenvalue weighted by Gasteiger charge is 2.22. The van der Waals surface area contributed by atoms with Gasteiger partial charge in [-0.15, -0.1) is 0 Å². The fourth-order valence-electron chi connectivity index (χ4n) is 2.17. The number of hydrogen-bond acceptors (Lipinski definition) is 4. The van der Waals surface area contributed by atoms with E-state index in [1.165, 1.54) is 13.5 Å². The molecular formula is C12H25N3O3S. The summed E-state index contributed by atoms with van der Waals surface area (Å²) >= 11 is 0. The molecule has 0 radical (unpaired) electrons. The van der Waals surface area contributed by atoms with Crippen LogP contribution in [0.25, 0.3) is 0 Å². The van der Waals surface area contributed by atoms with Crippen LogP contribution in [-0.2, 0) is 14.8 Å². The molecule has 1 aliphatic heterocycles. The number of piperidine rings is 1. The van der Waals surface area contributed by atoms with Crippen molar-refractivity contribution in [1.29, 1.82) is 0 Å². The number of carbonyl (C=O) groups excluding carboxylic acids is 1. The van der Waals surface area contributed by atoms with E-state index in [2.05, 4.69) is 10.6 Å². The van der Waals surface area contributed by atoms with E-state index in [9.17, 15) is 13.2 Å². The van der Waals surface area contributed by atoms with Gasteiger partial charge in [-0.1, -0.05) is 6.42 Å². The number of sulfonamides is 1. The Kier molecular flexibility index (Phi) is 6.74. The van der Waals surface area contributed by atoms with Crippen molar-refractivity contribution in [3.63, 3.8) is 0 Å². The molecule has 1 saturated heterocycles. The lowest BCUT2D eigenvalue weighted by molar-refractivity contribution is -0.121. The molecule has 1 amide bonds. The maximum absolute atomic E-state index is 12.0. The van der Waals surface area contributed by atoms with Crippen LogP contribution in [0.2, 0.25) is 0 Å². The van der Waals surface area contributed by atoms with Crippen molar-refractivity contribution < 1.29 is 13.2 Å². The molecule has 1 aliphatic rings. The third-order valence-corrected chi connectivity index (χ3v) is 5.18. The molecule has 0 bridgehead atoms. The molecular weight excluding hydrogens is 266 g/mol. The van der Waals surface area contributed by atoms with Crippen molar-refractivity contribution >= 4 is 15.9 Å². The molecule has 112 valence electrons.